The van der Waals surface area contributed by atoms with E-state index in [1.54, 1.807) is 0 Å². The van der Waals surface area contributed by atoms with E-state index in [-0.39, 0.29) is 0 Å². The lowest BCUT2D eigenvalue weighted by molar-refractivity contribution is 0.107. The van der Waals surface area contributed by atoms with Crippen molar-refractivity contribution in [1.29, 1.82) is 0 Å². The van der Waals surface area contributed by atoms with Gasteiger partial charge < -0.3 is 4.90 Å². The molecule has 2 aromatic heterocycles. The summed E-state index contributed by atoms with van der Waals surface area (Å²) in [5, 5.41) is 2.19. The standard InChI is InChI=1S/C22H31N3S/c1-2-7-21(6-1)25-12-9-19(10-13-25)16-24(18-22-8-4-14-26-22)17-20-5-3-11-23-15-20/h3-5,8,11,14-15,19,21H,1-2,6-7,9-10,12-13,16-18H2. The third kappa shape index (κ3) is 4.93. The van der Waals surface area contributed by atoms with Crippen molar-refractivity contribution >= 4 is 11.3 Å². The topological polar surface area (TPSA) is 19.4 Å². The van der Waals surface area contributed by atoms with Crippen molar-refractivity contribution in [3.63, 3.8) is 0 Å². The van der Waals surface area contributed by atoms with Crippen molar-refractivity contribution in [2.45, 2.75) is 57.7 Å². The van der Waals surface area contributed by atoms with Gasteiger partial charge in [0.1, 0.15) is 0 Å². The maximum absolute atomic E-state index is 4.30. The molecule has 1 aliphatic carbocycles. The summed E-state index contributed by atoms with van der Waals surface area (Å²) in [6.45, 7) is 5.92. The van der Waals surface area contributed by atoms with Crippen molar-refractivity contribution < 1.29 is 0 Å². The normalized spacial score (nSPS) is 20.2. The van der Waals surface area contributed by atoms with Gasteiger partial charge in [-0.15, -0.1) is 11.3 Å². The van der Waals surface area contributed by atoms with Crippen LogP contribution in [0.4, 0.5) is 0 Å². The van der Waals surface area contributed by atoms with Gasteiger partial charge in [0, 0.05) is 42.9 Å². The smallest absolute Gasteiger partial charge is 0.0331 e. The summed E-state index contributed by atoms with van der Waals surface area (Å²) in [7, 11) is 0. The highest BCUT2D eigenvalue weighted by molar-refractivity contribution is 7.09. The minimum atomic E-state index is 0.837. The van der Waals surface area contributed by atoms with Crippen LogP contribution < -0.4 is 0 Å². The Hall–Kier alpha value is -1.23. The van der Waals surface area contributed by atoms with Gasteiger partial charge in [0.2, 0.25) is 0 Å². The first-order valence-corrected chi connectivity index (χ1v) is 11.1. The van der Waals surface area contributed by atoms with Crippen LogP contribution in [-0.4, -0.2) is 40.5 Å². The average molecular weight is 370 g/mol. The Morgan fingerprint density at radius 2 is 1.88 bits per heavy atom. The Kier molecular flexibility index (Phi) is 6.36. The van der Waals surface area contributed by atoms with E-state index in [0.29, 0.717) is 0 Å². The van der Waals surface area contributed by atoms with E-state index in [4.69, 9.17) is 0 Å². The Morgan fingerprint density at radius 1 is 1.04 bits per heavy atom. The second-order valence-corrected chi connectivity index (χ2v) is 9.06. The maximum atomic E-state index is 4.30. The molecule has 1 saturated heterocycles. The number of thiophene rings is 1. The fourth-order valence-electron chi connectivity index (χ4n) is 4.69. The van der Waals surface area contributed by atoms with Crippen LogP contribution in [0.3, 0.4) is 0 Å². The number of likely N-dealkylation sites (tertiary alicyclic amines) is 1. The molecule has 0 spiro atoms. The summed E-state index contributed by atoms with van der Waals surface area (Å²) in [6.07, 6.45) is 12.4. The van der Waals surface area contributed by atoms with Crippen LogP contribution in [0.2, 0.25) is 0 Å². The van der Waals surface area contributed by atoms with Gasteiger partial charge in [-0.25, -0.2) is 0 Å². The van der Waals surface area contributed by atoms with Crippen LogP contribution in [0.1, 0.15) is 49.0 Å². The number of piperidine rings is 1. The van der Waals surface area contributed by atoms with Crippen LogP contribution in [0.25, 0.3) is 0 Å². The Labute approximate surface area is 162 Å². The van der Waals surface area contributed by atoms with Gasteiger partial charge >= 0.3 is 0 Å². The first-order valence-electron chi connectivity index (χ1n) is 10.2. The first kappa shape index (κ1) is 18.1. The van der Waals surface area contributed by atoms with E-state index < -0.39 is 0 Å². The molecule has 0 radical (unpaired) electrons. The molecule has 0 aromatic carbocycles. The van der Waals surface area contributed by atoms with Gasteiger partial charge in [-0.05, 0) is 67.8 Å². The first-order chi connectivity index (χ1) is 12.9. The summed E-state index contributed by atoms with van der Waals surface area (Å²) in [4.78, 5) is 11.2. The van der Waals surface area contributed by atoms with Gasteiger partial charge in [-0.3, -0.25) is 9.88 Å². The summed E-state index contributed by atoms with van der Waals surface area (Å²) >= 11 is 1.88. The Morgan fingerprint density at radius 3 is 2.58 bits per heavy atom. The van der Waals surface area contributed by atoms with Crippen molar-refractivity contribution in [3.8, 4) is 0 Å². The molecule has 3 heterocycles. The average Bonchev–Trinajstić information content (AvgIpc) is 3.37. The largest absolute Gasteiger partial charge is 0.300 e. The molecule has 2 aromatic rings. The fraction of sp³-hybridized carbons (Fsp3) is 0.591. The maximum Gasteiger partial charge on any atom is 0.0331 e. The predicted octanol–water partition coefficient (Wildman–Crippen LogP) is 4.80. The monoisotopic (exact) mass is 369 g/mol. The van der Waals surface area contributed by atoms with Gasteiger partial charge in [0.05, 0.1) is 0 Å². The number of pyridine rings is 1. The molecule has 0 bridgehead atoms. The van der Waals surface area contributed by atoms with Crippen molar-refractivity contribution in [3.05, 3.63) is 52.5 Å². The number of aromatic nitrogens is 1. The van der Waals surface area contributed by atoms with Crippen molar-refractivity contribution in [2.24, 2.45) is 5.92 Å². The summed E-state index contributed by atoms with van der Waals surface area (Å²) in [5.74, 6) is 0.837. The molecular weight excluding hydrogens is 338 g/mol. The molecular formula is C22H31N3S. The molecule has 0 unspecified atom stereocenters. The van der Waals surface area contributed by atoms with E-state index >= 15 is 0 Å². The quantitative estimate of drug-likeness (QED) is 0.699. The SMILES string of the molecule is c1cncc(CN(Cc2cccs2)CC2CCN(C3CCCC3)CC2)c1. The minimum absolute atomic E-state index is 0.837. The summed E-state index contributed by atoms with van der Waals surface area (Å²) in [5.41, 5.74) is 1.33. The van der Waals surface area contributed by atoms with Crippen molar-refractivity contribution in [1.82, 2.24) is 14.8 Å². The lowest BCUT2D eigenvalue weighted by atomic mass is 9.94. The zero-order chi connectivity index (χ0) is 17.6. The highest BCUT2D eigenvalue weighted by Crippen LogP contribution is 2.28. The molecule has 4 rings (SSSR count). The summed E-state index contributed by atoms with van der Waals surface area (Å²) < 4.78 is 0. The molecule has 140 valence electrons. The molecule has 0 amide bonds. The third-order valence-corrected chi connectivity index (χ3v) is 6.96. The van der Waals surface area contributed by atoms with Crippen LogP contribution in [0.5, 0.6) is 0 Å². The molecule has 1 saturated carbocycles. The zero-order valence-electron chi connectivity index (χ0n) is 15.7. The number of hydrogen-bond acceptors (Lipinski definition) is 4. The van der Waals surface area contributed by atoms with E-state index in [2.05, 4.69) is 44.4 Å². The highest BCUT2D eigenvalue weighted by atomic mass is 32.1. The second kappa shape index (κ2) is 9.12. The van der Waals surface area contributed by atoms with Crippen LogP contribution in [0.15, 0.2) is 42.0 Å². The van der Waals surface area contributed by atoms with E-state index in [0.717, 1.165) is 25.0 Å². The Bertz CT molecular complexity index is 629. The van der Waals surface area contributed by atoms with Gasteiger partial charge in [0.25, 0.3) is 0 Å². The molecule has 2 fully saturated rings. The van der Waals surface area contributed by atoms with Crippen LogP contribution >= 0.6 is 11.3 Å². The van der Waals surface area contributed by atoms with Crippen LogP contribution in [0, 0.1) is 5.92 Å². The lowest BCUT2D eigenvalue weighted by Crippen LogP contribution is -2.42. The molecule has 2 aliphatic rings. The van der Waals surface area contributed by atoms with Gasteiger partial charge in [0.15, 0.2) is 0 Å². The molecule has 0 N–H and O–H groups in total. The molecule has 4 heteroatoms. The van der Waals surface area contributed by atoms with Gasteiger partial charge in [-0.1, -0.05) is 25.0 Å². The van der Waals surface area contributed by atoms with E-state index in [9.17, 15) is 0 Å². The van der Waals surface area contributed by atoms with Crippen molar-refractivity contribution in [2.75, 3.05) is 19.6 Å². The highest BCUT2D eigenvalue weighted by Gasteiger charge is 2.28. The van der Waals surface area contributed by atoms with Gasteiger partial charge in [-0.2, -0.15) is 0 Å². The zero-order valence-corrected chi connectivity index (χ0v) is 16.5. The predicted molar refractivity (Wildman–Crippen MR) is 109 cm³/mol. The fourth-order valence-corrected chi connectivity index (χ4v) is 5.44. The number of rotatable bonds is 7. The number of hydrogen-bond donors (Lipinski definition) is 0. The third-order valence-electron chi connectivity index (χ3n) is 6.10. The molecule has 3 nitrogen and oxygen atoms in total. The number of nitrogens with zero attached hydrogens (tertiary/aromatic N) is 3. The molecule has 1 aliphatic heterocycles. The van der Waals surface area contributed by atoms with E-state index in [1.807, 2.05) is 23.7 Å². The minimum Gasteiger partial charge on any atom is -0.300 e. The molecule has 0 atom stereocenters. The van der Waals surface area contributed by atoms with E-state index in [1.165, 1.54) is 68.6 Å². The molecule has 26 heavy (non-hydrogen) atoms. The van der Waals surface area contributed by atoms with Crippen LogP contribution in [-0.2, 0) is 13.1 Å². The lowest BCUT2D eigenvalue weighted by Gasteiger charge is -2.37. The second-order valence-electron chi connectivity index (χ2n) is 8.03. The summed E-state index contributed by atoms with van der Waals surface area (Å²) in [6, 6.07) is 9.59. The Balaban J connectivity index is 1.33.